The standard InChI is InChI=1S/C13H16ClNO2S/c1-10(13(16)15-7-8-18(2)17)9-11-3-5-12(14)6-4-11/h3-6,9H,7-8H2,1-2H3,(H,15,16)/b10-9-. The lowest BCUT2D eigenvalue weighted by molar-refractivity contribution is -0.117. The van der Waals surface area contributed by atoms with E-state index in [4.69, 9.17) is 11.6 Å². The molecule has 18 heavy (non-hydrogen) atoms. The molecule has 1 rings (SSSR count). The first-order chi connectivity index (χ1) is 8.49. The van der Waals surface area contributed by atoms with Gasteiger partial charge in [-0.2, -0.15) is 0 Å². The van der Waals surface area contributed by atoms with Gasteiger partial charge in [0.15, 0.2) is 0 Å². The Morgan fingerprint density at radius 1 is 1.39 bits per heavy atom. The third-order valence-electron chi connectivity index (χ3n) is 2.29. The summed E-state index contributed by atoms with van der Waals surface area (Å²) in [6, 6.07) is 7.25. The van der Waals surface area contributed by atoms with Crippen molar-refractivity contribution in [3.63, 3.8) is 0 Å². The molecular formula is C13H16ClNO2S. The van der Waals surface area contributed by atoms with Gasteiger partial charge in [-0.05, 0) is 30.7 Å². The van der Waals surface area contributed by atoms with Gasteiger partial charge in [-0.25, -0.2) is 0 Å². The molecule has 3 nitrogen and oxygen atoms in total. The minimum atomic E-state index is -0.885. The molecule has 0 aliphatic rings. The fourth-order valence-electron chi connectivity index (χ4n) is 1.32. The van der Waals surface area contributed by atoms with E-state index in [0.29, 0.717) is 22.9 Å². The zero-order valence-electron chi connectivity index (χ0n) is 10.4. The number of rotatable bonds is 5. The minimum Gasteiger partial charge on any atom is -0.351 e. The van der Waals surface area contributed by atoms with Gasteiger partial charge in [0, 0.05) is 39.9 Å². The van der Waals surface area contributed by atoms with Gasteiger partial charge in [0.2, 0.25) is 5.91 Å². The molecule has 0 aromatic heterocycles. The van der Waals surface area contributed by atoms with E-state index in [1.54, 1.807) is 31.4 Å². The van der Waals surface area contributed by atoms with Crippen molar-refractivity contribution in [2.75, 3.05) is 18.6 Å². The fraction of sp³-hybridized carbons (Fsp3) is 0.308. The normalized spacial score (nSPS) is 13.2. The Morgan fingerprint density at radius 2 is 2.00 bits per heavy atom. The van der Waals surface area contributed by atoms with Crippen LogP contribution in [0.4, 0.5) is 0 Å². The van der Waals surface area contributed by atoms with E-state index in [-0.39, 0.29) is 5.91 Å². The maximum Gasteiger partial charge on any atom is 0.246 e. The Morgan fingerprint density at radius 3 is 2.56 bits per heavy atom. The van der Waals surface area contributed by atoms with Crippen LogP contribution in [0.5, 0.6) is 0 Å². The van der Waals surface area contributed by atoms with E-state index in [2.05, 4.69) is 5.32 Å². The molecule has 0 radical (unpaired) electrons. The number of nitrogens with one attached hydrogen (secondary N) is 1. The Balaban J connectivity index is 2.57. The van der Waals surface area contributed by atoms with Crippen LogP contribution in [0.2, 0.25) is 5.02 Å². The molecule has 0 aliphatic carbocycles. The van der Waals surface area contributed by atoms with Gasteiger partial charge < -0.3 is 5.32 Å². The number of carbonyl (C=O) groups is 1. The highest BCUT2D eigenvalue weighted by molar-refractivity contribution is 7.84. The molecule has 1 unspecified atom stereocenters. The number of hydrogen-bond donors (Lipinski definition) is 1. The minimum absolute atomic E-state index is 0.143. The summed E-state index contributed by atoms with van der Waals surface area (Å²) in [6.45, 7) is 2.17. The van der Waals surface area contributed by atoms with E-state index in [9.17, 15) is 9.00 Å². The van der Waals surface area contributed by atoms with E-state index < -0.39 is 10.8 Å². The summed E-state index contributed by atoms with van der Waals surface area (Å²) in [7, 11) is -0.885. The van der Waals surface area contributed by atoms with Crippen LogP contribution < -0.4 is 5.32 Å². The molecular weight excluding hydrogens is 270 g/mol. The van der Waals surface area contributed by atoms with Crippen LogP contribution in [0.25, 0.3) is 6.08 Å². The summed E-state index contributed by atoms with van der Waals surface area (Å²) in [5.41, 5.74) is 1.53. The molecule has 0 spiro atoms. The van der Waals surface area contributed by atoms with Gasteiger partial charge >= 0.3 is 0 Å². The third-order valence-corrected chi connectivity index (χ3v) is 3.32. The first kappa shape index (κ1) is 14.9. The molecule has 0 aliphatic heterocycles. The van der Waals surface area contributed by atoms with Crippen LogP contribution in [0.15, 0.2) is 29.8 Å². The molecule has 1 N–H and O–H groups in total. The van der Waals surface area contributed by atoms with Gasteiger partial charge in [-0.15, -0.1) is 0 Å². The van der Waals surface area contributed by atoms with Crippen molar-refractivity contribution >= 4 is 34.4 Å². The lowest BCUT2D eigenvalue weighted by Gasteiger charge is -2.04. The fourth-order valence-corrected chi connectivity index (χ4v) is 1.84. The summed E-state index contributed by atoms with van der Waals surface area (Å²) in [4.78, 5) is 11.7. The molecule has 98 valence electrons. The van der Waals surface area contributed by atoms with Crippen LogP contribution in [0, 0.1) is 0 Å². The molecule has 0 bridgehead atoms. The summed E-state index contributed by atoms with van der Waals surface area (Å²) >= 11 is 5.78. The van der Waals surface area contributed by atoms with Crippen LogP contribution in [0.1, 0.15) is 12.5 Å². The van der Waals surface area contributed by atoms with Crippen LogP contribution in [-0.4, -0.2) is 28.7 Å². The first-order valence-corrected chi connectivity index (χ1v) is 7.61. The van der Waals surface area contributed by atoms with Crippen molar-refractivity contribution in [1.82, 2.24) is 5.32 Å². The average molecular weight is 286 g/mol. The highest BCUT2D eigenvalue weighted by atomic mass is 35.5. The Bertz CT molecular complexity index is 468. The number of hydrogen-bond acceptors (Lipinski definition) is 2. The summed E-state index contributed by atoms with van der Waals surface area (Å²) in [5, 5.41) is 3.39. The summed E-state index contributed by atoms with van der Waals surface area (Å²) in [6.07, 6.45) is 3.40. The lowest BCUT2D eigenvalue weighted by atomic mass is 10.1. The summed E-state index contributed by atoms with van der Waals surface area (Å²) in [5.74, 6) is 0.329. The molecule has 0 saturated carbocycles. The second-order valence-corrected chi connectivity index (χ2v) is 5.90. The summed E-state index contributed by atoms with van der Waals surface area (Å²) < 4.78 is 10.9. The monoisotopic (exact) mass is 285 g/mol. The number of halogens is 1. The predicted molar refractivity (Wildman–Crippen MR) is 77.0 cm³/mol. The van der Waals surface area contributed by atoms with Gasteiger partial charge in [0.25, 0.3) is 0 Å². The first-order valence-electron chi connectivity index (χ1n) is 5.51. The maximum absolute atomic E-state index is 11.7. The zero-order valence-corrected chi connectivity index (χ0v) is 12.0. The van der Waals surface area contributed by atoms with Crippen molar-refractivity contribution in [2.24, 2.45) is 0 Å². The molecule has 0 fully saturated rings. The van der Waals surface area contributed by atoms with E-state index in [1.165, 1.54) is 0 Å². The predicted octanol–water partition coefficient (Wildman–Crippen LogP) is 2.24. The van der Waals surface area contributed by atoms with Gasteiger partial charge in [0.1, 0.15) is 0 Å². The molecule has 1 amide bonds. The lowest BCUT2D eigenvalue weighted by Crippen LogP contribution is -2.28. The van der Waals surface area contributed by atoms with Crippen molar-refractivity contribution in [3.8, 4) is 0 Å². The Labute approximate surface area is 115 Å². The van der Waals surface area contributed by atoms with Crippen molar-refractivity contribution in [3.05, 3.63) is 40.4 Å². The Hall–Kier alpha value is -1.13. The highest BCUT2D eigenvalue weighted by Crippen LogP contribution is 2.12. The Kier molecular flexibility index (Phi) is 6.09. The highest BCUT2D eigenvalue weighted by Gasteiger charge is 2.03. The van der Waals surface area contributed by atoms with Crippen LogP contribution >= 0.6 is 11.6 Å². The number of carbonyl (C=O) groups excluding carboxylic acids is 1. The maximum atomic E-state index is 11.7. The van der Waals surface area contributed by atoms with E-state index >= 15 is 0 Å². The second-order valence-electron chi connectivity index (χ2n) is 3.91. The van der Waals surface area contributed by atoms with Crippen molar-refractivity contribution in [2.45, 2.75) is 6.92 Å². The molecule has 1 atom stereocenters. The van der Waals surface area contributed by atoms with Gasteiger partial charge in [-0.3, -0.25) is 9.00 Å². The van der Waals surface area contributed by atoms with Gasteiger partial charge in [0.05, 0.1) is 0 Å². The molecule has 1 aromatic carbocycles. The smallest absolute Gasteiger partial charge is 0.246 e. The van der Waals surface area contributed by atoms with Crippen LogP contribution in [0.3, 0.4) is 0 Å². The largest absolute Gasteiger partial charge is 0.351 e. The third kappa shape index (κ3) is 5.47. The van der Waals surface area contributed by atoms with Crippen LogP contribution in [-0.2, 0) is 15.6 Å². The number of benzene rings is 1. The average Bonchev–Trinajstić information content (AvgIpc) is 2.31. The molecule has 1 aromatic rings. The van der Waals surface area contributed by atoms with Gasteiger partial charge in [-0.1, -0.05) is 23.7 Å². The zero-order chi connectivity index (χ0) is 13.5. The molecule has 5 heteroatoms. The second kappa shape index (κ2) is 7.34. The van der Waals surface area contributed by atoms with E-state index in [0.717, 1.165) is 5.56 Å². The molecule has 0 saturated heterocycles. The van der Waals surface area contributed by atoms with Crippen molar-refractivity contribution < 1.29 is 9.00 Å². The SMILES string of the molecule is C/C(=C/c1ccc(Cl)cc1)C(=O)NCCS(C)=O. The van der Waals surface area contributed by atoms with E-state index in [1.807, 2.05) is 12.1 Å². The quantitative estimate of drug-likeness (QED) is 0.844. The van der Waals surface area contributed by atoms with Crippen molar-refractivity contribution in [1.29, 1.82) is 0 Å². The number of amides is 1. The topological polar surface area (TPSA) is 46.2 Å². The molecule has 0 heterocycles.